The summed E-state index contributed by atoms with van der Waals surface area (Å²) in [6.07, 6.45) is 1.80. The second kappa shape index (κ2) is 79.4. The Morgan fingerprint density at radius 1 is 0.260 bits per heavy atom. The first-order valence-corrected chi connectivity index (χ1v) is 50.7. The highest BCUT2D eigenvalue weighted by Gasteiger charge is 2.33. The molecule has 0 saturated carbocycles. The van der Waals surface area contributed by atoms with Crippen molar-refractivity contribution in [2.75, 3.05) is 237 Å². The molecule has 0 heterocycles. The number of hydrogen-bond donors (Lipinski definition) is 21. The van der Waals surface area contributed by atoms with E-state index in [1.807, 2.05) is 13.8 Å². The van der Waals surface area contributed by atoms with E-state index in [0.717, 1.165) is 0 Å². The van der Waals surface area contributed by atoms with Gasteiger partial charge in [-0.3, -0.25) is 0 Å². The van der Waals surface area contributed by atoms with E-state index >= 15 is 0 Å². The van der Waals surface area contributed by atoms with E-state index in [1.54, 1.807) is 52.0 Å². The van der Waals surface area contributed by atoms with Crippen LogP contribution in [0.5, 0.6) is 46.0 Å². The number of aliphatic hydroxyl groups excluding tert-OH is 1. The lowest BCUT2D eigenvalue weighted by molar-refractivity contribution is -0.146. The summed E-state index contributed by atoms with van der Waals surface area (Å²) in [5.41, 5.74) is 1.07. The zero-order chi connectivity index (χ0) is 110. The maximum absolute atomic E-state index is 12.8. The molecule has 0 aliphatic carbocycles. The van der Waals surface area contributed by atoms with Gasteiger partial charge in [-0.15, -0.1) is 0 Å². The van der Waals surface area contributed by atoms with Crippen molar-refractivity contribution in [2.24, 2.45) is 10.8 Å². The highest BCUT2D eigenvalue weighted by molar-refractivity contribution is 5.85. The monoisotopic (exact) mass is 2140 g/mol. The average Bonchev–Trinajstić information content (AvgIpc) is 0.881. The molecule has 4 aromatic carbocycles. The lowest BCUT2D eigenvalue weighted by Gasteiger charge is -2.33. The van der Waals surface area contributed by atoms with E-state index in [4.69, 9.17) is 85.3 Å². The Labute approximate surface area is 874 Å². The molecule has 7 unspecified atom stereocenters. The molecule has 4 aromatic rings. The van der Waals surface area contributed by atoms with Crippen molar-refractivity contribution >= 4 is 66.4 Å². The molecule has 0 radical (unpaired) electrons. The molecule has 0 fully saturated rings. The Balaban J connectivity index is 1.29. The molecule has 50 nitrogen and oxygen atoms in total. The lowest BCUT2D eigenvalue weighted by atomic mass is 9.92. The zero-order valence-corrected chi connectivity index (χ0v) is 86.9. The third-order valence-corrected chi connectivity index (χ3v) is 21.8. The summed E-state index contributed by atoms with van der Waals surface area (Å²) in [7, 11) is 0. The van der Waals surface area contributed by atoms with Gasteiger partial charge in [0, 0.05) is 69.8 Å². The van der Waals surface area contributed by atoms with Crippen LogP contribution in [-0.2, 0) is 125 Å². The predicted octanol–water partition coefficient (Wildman–Crippen LogP) is 6.08. The Morgan fingerprint density at radius 3 is 0.740 bits per heavy atom. The third-order valence-electron chi connectivity index (χ3n) is 21.8. The molecular formula is C100H160N12O38. The van der Waals surface area contributed by atoms with Gasteiger partial charge in [0.1, 0.15) is 44.6 Å². The minimum atomic E-state index is -1.30. The van der Waals surface area contributed by atoms with Crippen LogP contribution in [0.2, 0.25) is 0 Å². The fourth-order valence-electron chi connectivity index (χ4n) is 13.9. The quantitative estimate of drug-likeness (QED) is 0.00782. The van der Waals surface area contributed by atoms with Crippen molar-refractivity contribution in [1.82, 2.24) is 63.8 Å². The normalized spacial score (nSPS) is 12.9. The lowest BCUT2D eigenvalue weighted by Crippen LogP contribution is -2.49. The second-order valence-electron chi connectivity index (χ2n) is 34.9. The first-order valence-electron chi connectivity index (χ1n) is 50.7. The van der Waals surface area contributed by atoms with E-state index in [0.29, 0.717) is 106 Å². The maximum Gasteiger partial charge on any atom is 0.407 e. The number of alkyl carbamates (subject to hydrolysis) is 4. The van der Waals surface area contributed by atoms with Gasteiger partial charge < -0.3 is 195 Å². The standard InChI is InChI=1S/C100H160N12O38/c1-7-143-87(121)75(109-91(125)101-39-31-71-23-27-79(113)83(117)61-71)19-11-15-35-105-95(129)147-57-53-134-44-43-133-45-49-138-65-99(5,66-139-50-46-135-54-58-148-96(130)106-36-16-12-20-76(88(122)144-8-2)110-92(126)102-40-32-72-24-28-80(114)84(118)62-72)69-142-70-100(6,67-140-51-47-136-55-59-149-97(131)107-37-17-13-21-77(89(123)145-9-3)111-93(127)103-41-33-73-25-29-81(115)85(119)63-73)68-141-52-48-137-56-60-150-98(132)108-38-18-14-22-78(90(124)146-10-4)112-94(128)104-42-34-74-26-30-82(116)86(120)64-74/h23-30,61-64,75-78,89,113-120,123H,7-22,31-60,65-70H2,1-6H3,(H,105,129)(H,106,130)(H,107,131)(H,108,132)(H2,101,109,125)(H2,102,110,126)(H2,103,111,127)(H2,104,112,128). The molecule has 12 amide bonds. The van der Waals surface area contributed by atoms with Crippen LogP contribution in [0.25, 0.3) is 0 Å². The third kappa shape index (κ3) is 62.1. The van der Waals surface area contributed by atoms with Crippen molar-refractivity contribution < 1.29 is 184 Å². The molecule has 0 aromatic heterocycles. The molecule has 150 heavy (non-hydrogen) atoms. The van der Waals surface area contributed by atoms with Crippen molar-refractivity contribution in [3.05, 3.63) is 95.1 Å². The van der Waals surface area contributed by atoms with E-state index in [-0.39, 0.29) is 303 Å². The van der Waals surface area contributed by atoms with E-state index in [9.17, 15) is 98.7 Å². The number of benzene rings is 4. The van der Waals surface area contributed by atoms with Crippen molar-refractivity contribution in [1.29, 1.82) is 0 Å². The Kier molecular flexibility index (Phi) is 68.7. The van der Waals surface area contributed by atoms with Crippen molar-refractivity contribution in [3.63, 3.8) is 0 Å². The minimum absolute atomic E-state index is 0.0269. The fourth-order valence-corrected chi connectivity index (χ4v) is 13.9. The van der Waals surface area contributed by atoms with Crippen LogP contribution in [0.1, 0.15) is 141 Å². The van der Waals surface area contributed by atoms with Crippen molar-refractivity contribution in [2.45, 2.75) is 175 Å². The molecule has 4 rings (SSSR count). The number of urea groups is 4. The number of phenolic OH excluding ortho intramolecular Hbond substituents is 8. The molecule has 0 bridgehead atoms. The van der Waals surface area contributed by atoms with Crippen LogP contribution in [0.4, 0.5) is 38.4 Å². The molecule has 7 atom stereocenters. The summed E-state index contributed by atoms with van der Waals surface area (Å²) >= 11 is 0. The number of unbranched alkanes of at least 4 members (excludes halogenated alkanes) is 4. The number of esters is 3. The van der Waals surface area contributed by atoms with Gasteiger partial charge in [0.2, 0.25) is 0 Å². The van der Waals surface area contributed by atoms with Gasteiger partial charge in [-0.05, 0) is 201 Å². The van der Waals surface area contributed by atoms with Crippen LogP contribution in [0, 0.1) is 10.8 Å². The maximum atomic E-state index is 12.8. The van der Waals surface area contributed by atoms with Gasteiger partial charge in [-0.1, -0.05) is 38.1 Å². The molecule has 0 aliphatic heterocycles. The van der Waals surface area contributed by atoms with Gasteiger partial charge in [0.05, 0.1) is 158 Å². The minimum Gasteiger partial charge on any atom is -0.504 e. The van der Waals surface area contributed by atoms with Crippen LogP contribution < -0.4 is 63.8 Å². The van der Waals surface area contributed by atoms with Crippen LogP contribution in [0.3, 0.4) is 0 Å². The summed E-state index contributed by atoms with van der Waals surface area (Å²) in [6.45, 7) is 14.2. The van der Waals surface area contributed by atoms with Crippen molar-refractivity contribution in [3.8, 4) is 46.0 Å². The first-order chi connectivity index (χ1) is 72.3. The molecule has 0 spiro atoms. The number of ether oxygens (including phenoxy) is 18. The number of aromatic hydroxyl groups is 8. The van der Waals surface area contributed by atoms with Crippen LogP contribution in [0.15, 0.2) is 72.8 Å². The summed E-state index contributed by atoms with van der Waals surface area (Å²) in [5, 5.41) is 120. The smallest absolute Gasteiger partial charge is 0.407 e. The number of rotatable bonds is 84. The van der Waals surface area contributed by atoms with Gasteiger partial charge in [0.15, 0.2) is 52.3 Å². The van der Waals surface area contributed by atoms with Gasteiger partial charge in [-0.25, -0.2) is 52.7 Å². The van der Waals surface area contributed by atoms with Gasteiger partial charge in [-0.2, -0.15) is 0 Å². The molecule has 0 aliphatic rings. The number of amides is 12. The number of nitrogens with one attached hydrogen (secondary N) is 12. The summed E-state index contributed by atoms with van der Waals surface area (Å²) in [5.74, 6) is -4.08. The van der Waals surface area contributed by atoms with E-state index in [2.05, 4.69) is 63.8 Å². The number of hydrogen-bond acceptors (Lipinski definition) is 38. The molecule has 50 heteroatoms. The van der Waals surface area contributed by atoms with Crippen LogP contribution >= 0.6 is 0 Å². The summed E-state index contributed by atoms with van der Waals surface area (Å²) in [6, 6.07) is 11.3. The highest BCUT2D eigenvalue weighted by atomic mass is 16.6. The fraction of sp³-hybridized carbons (Fsp3) is 0.650. The second-order valence-corrected chi connectivity index (χ2v) is 34.9. The number of carbonyl (C=O) groups excluding carboxylic acids is 11. The summed E-state index contributed by atoms with van der Waals surface area (Å²) < 4.78 is 102. The highest BCUT2D eigenvalue weighted by Crippen LogP contribution is 2.30. The zero-order valence-electron chi connectivity index (χ0n) is 86.9. The molecular weight excluding hydrogens is 1980 g/mol. The number of phenols is 8. The molecule has 21 N–H and O–H groups in total. The Bertz CT molecular complexity index is 4500. The topological polar surface area (TPSA) is 680 Å². The Hall–Kier alpha value is -12.6. The average molecular weight is 2140 g/mol. The van der Waals surface area contributed by atoms with E-state index < -0.39 is 108 Å². The van der Waals surface area contributed by atoms with Gasteiger partial charge >= 0.3 is 66.4 Å². The molecule has 0 saturated heterocycles. The number of carbonyl (C=O) groups is 11. The largest absolute Gasteiger partial charge is 0.504 e. The van der Waals surface area contributed by atoms with Crippen LogP contribution in [-0.4, -0.2) is 380 Å². The van der Waals surface area contributed by atoms with E-state index in [1.165, 1.54) is 48.5 Å². The summed E-state index contributed by atoms with van der Waals surface area (Å²) in [4.78, 5) is 139. The molecule has 848 valence electrons. The van der Waals surface area contributed by atoms with Gasteiger partial charge in [0.25, 0.3) is 0 Å². The SMILES string of the molecule is CCOC(=O)C(CCCCNC(=O)OCCOCCOCCOCC(C)(COCCOCCOC(=O)NCCCCC(NC(=O)NCCc1ccc(O)c(O)c1)C(=O)OCC)COCC(C)(COCCOCCOC(=O)NCCCCC(NC(=O)NCCc1ccc(O)c(O)c1)C(=O)OCC)COCCOCCOC(=O)NCCCCC(NC(=O)NCCc1ccc(O)c(O)c1)C(O)OCC)NC(=O)NCCc1ccc(O)c(O)c1. The number of aliphatic hydroxyl groups is 1. The first kappa shape index (κ1) is 130. The Morgan fingerprint density at radius 2 is 0.493 bits per heavy atom. The predicted molar refractivity (Wildman–Crippen MR) is 540 cm³/mol.